The standard InChI is InChI=1S/C21H22ClNO4/c1-14(27-20(24)13-26-17-11-9-16(22)10-12-17)21(25)23-19-8-4-6-15-5-2-3-7-18(15)19/h2-3,5,7,9-12,14,19H,4,6,8,13H2,1H3,(H,23,25)/t14-,19+/m0/s1. The monoisotopic (exact) mass is 387 g/mol. The molecule has 2 aromatic carbocycles. The molecule has 1 N–H and O–H groups in total. The fraction of sp³-hybridized carbons (Fsp3) is 0.333. The molecule has 1 aliphatic rings. The number of halogens is 1. The van der Waals surface area contributed by atoms with E-state index >= 15 is 0 Å². The van der Waals surface area contributed by atoms with Gasteiger partial charge in [0, 0.05) is 5.02 Å². The molecule has 0 saturated heterocycles. The van der Waals surface area contributed by atoms with Crippen LogP contribution >= 0.6 is 11.6 Å². The Morgan fingerprint density at radius 3 is 2.70 bits per heavy atom. The lowest BCUT2D eigenvalue weighted by molar-refractivity contribution is -0.156. The molecule has 0 saturated carbocycles. The van der Waals surface area contributed by atoms with Crippen molar-refractivity contribution in [2.24, 2.45) is 0 Å². The van der Waals surface area contributed by atoms with Crippen LogP contribution in [0.15, 0.2) is 48.5 Å². The Balaban J connectivity index is 1.49. The first-order chi connectivity index (χ1) is 13.0. The molecule has 0 unspecified atom stereocenters. The van der Waals surface area contributed by atoms with Gasteiger partial charge in [-0.25, -0.2) is 4.79 Å². The van der Waals surface area contributed by atoms with Crippen molar-refractivity contribution in [2.45, 2.75) is 38.3 Å². The first-order valence-corrected chi connectivity index (χ1v) is 9.37. The fourth-order valence-electron chi connectivity index (χ4n) is 3.15. The second kappa shape index (κ2) is 8.91. The van der Waals surface area contributed by atoms with E-state index in [1.54, 1.807) is 31.2 Å². The summed E-state index contributed by atoms with van der Waals surface area (Å²) in [7, 11) is 0. The summed E-state index contributed by atoms with van der Waals surface area (Å²) in [5, 5.41) is 3.57. The van der Waals surface area contributed by atoms with Crippen LogP contribution in [0.5, 0.6) is 5.75 Å². The Morgan fingerprint density at radius 2 is 1.93 bits per heavy atom. The number of carbonyl (C=O) groups excluding carboxylic acids is 2. The molecule has 2 aromatic rings. The van der Waals surface area contributed by atoms with E-state index in [1.807, 2.05) is 18.2 Å². The van der Waals surface area contributed by atoms with E-state index in [9.17, 15) is 9.59 Å². The largest absolute Gasteiger partial charge is 0.482 e. The number of esters is 1. The number of nitrogens with one attached hydrogen (secondary N) is 1. The van der Waals surface area contributed by atoms with Crippen molar-refractivity contribution in [1.29, 1.82) is 0 Å². The van der Waals surface area contributed by atoms with E-state index in [1.165, 1.54) is 5.56 Å². The van der Waals surface area contributed by atoms with Gasteiger partial charge in [-0.2, -0.15) is 0 Å². The molecule has 5 nitrogen and oxygen atoms in total. The van der Waals surface area contributed by atoms with E-state index < -0.39 is 12.1 Å². The van der Waals surface area contributed by atoms with Gasteiger partial charge in [0.2, 0.25) is 0 Å². The first kappa shape index (κ1) is 19.2. The summed E-state index contributed by atoms with van der Waals surface area (Å²) in [5.74, 6) is -0.402. The van der Waals surface area contributed by atoms with Crippen LogP contribution < -0.4 is 10.1 Å². The van der Waals surface area contributed by atoms with Crippen molar-refractivity contribution in [3.8, 4) is 5.75 Å². The molecule has 0 aliphatic heterocycles. The Bertz CT molecular complexity index is 806. The van der Waals surface area contributed by atoms with E-state index in [2.05, 4.69) is 11.4 Å². The molecule has 1 amide bonds. The second-order valence-corrected chi connectivity index (χ2v) is 6.96. The Morgan fingerprint density at radius 1 is 1.19 bits per heavy atom. The van der Waals surface area contributed by atoms with Gasteiger partial charge in [0.15, 0.2) is 12.7 Å². The number of hydrogen-bond donors (Lipinski definition) is 1. The molecular weight excluding hydrogens is 366 g/mol. The van der Waals surface area contributed by atoms with Crippen molar-refractivity contribution >= 4 is 23.5 Å². The van der Waals surface area contributed by atoms with Crippen LogP contribution in [0.4, 0.5) is 0 Å². The zero-order valence-corrected chi connectivity index (χ0v) is 15.9. The minimum absolute atomic E-state index is 0.0473. The van der Waals surface area contributed by atoms with Gasteiger partial charge in [-0.1, -0.05) is 35.9 Å². The zero-order valence-electron chi connectivity index (χ0n) is 15.1. The molecule has 6 heteroatoms. The van der Waals surface area contributed by atoms with Crippen molar-refractivity contribution in [2.75, 3.05) is 6.61 Å². The summed E-state index contributed by atoms with van der Waals surface area (Å²) in [6.07, 6.45) is 2.03. The quantitative estimate of drug-likeness (QED) is 0.765. The van der Waals surface area contributed by atoms with E-state index in [0.29, 0.717) is 10.8 Å². The van der Waals surface area contributed by atoms with Gasteiger partial charge in [0.05, 0.1) is 6.04 Å². The molecule has 0 heterocycles. The summed E-state index contributed by atoms with van der Waals surface area (Å²) in [6, 6.07) is 14.7. The van der Waals surface area contributed by atoms with Crippen molar-refractivity contribution in [1.82, 2.24) is 5.32 Å². The van der Waals surface area contributed by atoms with Crippen molar-refractivity contribution in [3.63, 3.8) is 0 Å². The van der Waals surface area contributed by atoms with Gasteiger partial charge in [0.1, 0.15) is 5.75 Å². The van der Waals surface area contributed by atoms with E-state index in [0.717, 1.165) is 24.8 Å². The number of amides is 1. The molecule has 142 valence electrons. The maximum absolute atomic E-state index is 12.4. The predicted molar refractivity (Wildman–Crippen MR) is 103 cm³/mol. The van der Waals surface area contributed by atoms with Crippen LogP contribution in [-0.2, 0) is 20.7 Å². The van der Waals surface area contributed by atoms with Gasteiger partial charge < -0.3 is 14.8 Å². The minimum atomic E-state index is -0.889. The molecule has 0 spiro atoms. The van der Waals surface area contributed by atoms with Crippen LogP contribution in [0.25, 0.3) is 0 Å². The van der Waals surface area contributed by atoms with Crippen molar-refractivity contribution in [3.05, 3.63) is 64.7 Å². The van der Waals surface area contributed by atoms with Crippen LogP contribution in [-0.4, -0.2) is 24.6 Å². The third-order valence-corrected chi connectivity index (χ3v) is 4.79. The minimum Gasteiger partial charge on any atom is -0.482 e. The molecule has 3 rings (SSSR count). The first-order valence-electron chi connectivity index (χ1n) is 8.99. The summed E-state index contributed by atoms with van der Waals surface area (Å²) in [5.41, 5.74) is 2.40. The Hall–Kier alpha value is -2.53. The summed E-state index contributed by atoms with van der Waals surface area (Å²) < 4.78 is 10.5. The van der Waals surface area contributed by atoms with Crippen LogP contribution in [0, 0.1) is 0 Å². The van der Waals surface area contributed by atoms with E-state index in [-0.39, 0.29) is 18.6 Å². The number of fused-ring (bicyclic) bond motifs is 1. The van der Waals surface area contributed by atoms with Gasteiger partial charge in [-0.3, -0.25) is 4.79 Å². The summed E-state index contributed by atoms with van der Waals surface area (Å²) >= 11 is 5.80. The van der Waals surface area contributed by atoms with E-state index in [4.69, 9.17) is 21.1 Å². The molecule has 0 aromatic heterocycles. The fourth-order valence-corrected chi connectivity index (χ4v) is 3.28. The number of rotatable bonds is 6. The number of hydrogen-bond acceptors (Lipinski definition) is 4. The lowest BCUT2D eigenvalue weighted by Gasteiger charge is -2.27. The van der Waals surface area contributed by atoms with Crippen LogP contribution in [0.1, 0.15) is 36.9 Å². The molecule has 27 heavy (non-hydrogen) atoms. The number of carbonyl (C=O) groups is 2. The lowest BCUT2D eigenvalue weighted by atomic mass is 9.87. The Labute approximate surface area is 163 Å². The van der Waals surface area contributed by atoms with Gasteiger partial charge in [-0.05, 0) is 61.6 Å². The number of benzene rings is 2. The molecule has 2 atom stereocenters. The molecule has 1 aliphatic carbocycles. The highest BCUT2D eigenvalue weighted by Crippen LogP contribution is 2.29. The molecule has 0 bridgehead atoms. The average molecular weight is 388 g/mol. The van der Waals surface area contributed by atoms with Gasteiger partial charge >= 0.3 is 5.97 Å². The smallest absolute Gasteiger partial charge is 0.344 e. The highest BCUT2D eigenvalue weighted by atomic mass is 35.5. The molecule has 0 radical (unpaired) electrons. The topological polar surface area (TPSA) is 64.6 Å². The summed E-state index contributed by atoms with van der Waals surface area (Å²) in [6.45, 7) is 1.29. The lowest BCUT2D eigenvalue weighted by Crippen LogP contribution is -2.39. The maximum Gasteiger partial charge on any atom is 0.344 e. The third-order valence-electron chi connectivity index (χ3n) is 4.53. The van der Waals surface area contributed by atoms with Crippen molar-refractivity contribution < 1.29 is 19.1 Å². The van der Waals surface area contributed by atoms with Gasteiger partial charge in [0.25, 0.3) is 5.91 Å². The Kier molecular flexibility index (Phi) is 6.35. The second-order valence-electron chi connectivity index (χ2n) is 6.53. The highest BCUT2D eigenvalue weighted by Gasteiger charge is 2.25. The van der Waals surface area contributed by atoms with Gasteiger partial charge in [-0.15, -0.1) is 0 Å². The summed E-state index contributed by atoms with van der Waals surface area (Å²) in [4.78, 5) is 24.4. The highest BCUT2D eigenvalue weighted by molar-refractivity contribution is 6.30. The average Bonchev–Trinajstić information content (AvgIpc) is 2.68. The predicted octanol–water partition coefficient (Wildman–Crippen LogP) is 3.84. The number of aryl methyl sites for hydroxylation is 1. The zero-order chi connectivity index (χ0) is 19.2. The van der Waals surface area contributed by atoms with Crippen LogP contribution in [0.3, 0.4) is 0 Å². The maximum atomic E-state index is 12.4. The molecule has 0 fully saturated rings. The van der Waals surface area contributed by atoms with Crippen LogP contribution in [0.2, 0.25) is 5.02 Å². The SMILES string of the molecule is C[C@H](OC(=O)COc1ccc(Cl)cc1)C(=O)N[C@@H]1CCCc2ccccc21. The normalized spacial score (nSPS) is 16.7. The third kappa shape index (κ3) is 5.23. The number of ether oxygens (including phenoxy) is 2. The molecular formula is C21H22ClNO4.